The quantitative estimate of drug-likeness (QED) is 0.614. The Balaban J connectivity index is 2.47. The van der Waals surface area contributed by atoms with Crippen molar-refractivity contribution in [2.24, 2.45) is 4.99 Å². The number of carbonyl (C=O) groups excluding carboxylic acids is 2. The maximum absolute atomic E-state index is 11.3. The number of rotatable bonds is 2. The first-order valence-corrected chi connectivity index (χ1v) is 6.39. The average Bonchev–Trinajstić information content (AvgIpc) is 2.33. The van der Waals surface area contributed by atoms with Crippen molar-refractivity contribution >= 4 is 35.1 Å². The number of carbonyl (C=O) groups is 1. The summed E-state index contributed by atoms with van der Waals surface area (Å²) in [6, 6.07) is 5.10. The van der Waals surface area contributed by atoms with Crippen molar-refractivity contribution in [1.82, 2.24) is 0 Å². The predicted molar refractivity (Wildman–Crippen MR) is 69.7 cm³/mol. The van der Waals surface area contributed by atoms with Crippen LogP contribution in [0.5, 0.6) is 0 Å². The maximum atomic E-state index is 11.3. The highest BCUT2D eigenvalue weighted by molar-refractivity contribution is 6.35. The fourth-order valence-corrected chi connectivity index (χ4v) is 2.92. The molecule has 0 N–H and O–H groups in total. The minimum atomic E-state index is -0.725. The van der Waals surface area contributed by atoms with Gasteiger partial charge in [0.15, 0.2) is 0 Å². The van der Waals surface area contributed by atoms with Gasteiger partial charge < -0.3 is 0 Å². The molecular weight excluding hydrogens is 273 g/mol. The summed E-state index contributed by atoms with van der Waals surface area (Å²) < 4.78 is 0. The van der Waals surface area contributed by atoms with E-state index in [1.807, 2.05) is 0 Å². The molecule has 5 heteroatoms. The van der Waals surface area contributed by atoms with Crippen LogP contribution in [0.4, 0.5) is 0 Å². The van der Waals surface area contributed by atoms with Gasteiger partial charge in [-0.3, -0.25) is 4.79 Å². The molecule has 0 radical (unpaired) electrons. The van der Waals surface area contributed by atoms with Gasteiger partial charge in [-0.1, -0.05) is 29.3 Å². The fraction of sp³-hybridized carbons (Fsp3) is 0.385. The number of ketones is 1. The Labute approximate surface area is 115 Å². The van der Waals surface area contributed by atoms with Crippen molar-refractivity contribution in [3.05, 3.63) is 33.8 Å². The lowest BCUT2D eigenvalue weighted by molar-refractivity contribution is -0.121. The average molecular weight is 284 g/mol. The first-order chi connectivity index (χ1) is 8.57. The molecule has 1 fully saturated rings. The SMILES string of the molecule is O=C=NC1(c2ccc(Cl)cc2Cl)CCC(=O)CC1. The number of nitrogens with zero attached hydrogens (tertiary/aromatic N) is 1. The topological polar surface area (TPSA) is 46.5 Å². The number of hydrogen-bond acceptors (Lipinski definition) is 3. The van der Waals surface area contributed by atoms with E-state index in [-0.39, 0.29) is 5.78 Å². The molecule has 0 aliphatic heterocycles. The highest BCUT2D eigenvalue weighted by Crippen LogP contribution is 2.42. The summed E-state index contributed by atoms with van der Waals surface area (Å²) in [7, 11) is 0. The molecular formula is C13H11Cl2NO2. The zero-order valence-corrected chi connectivity index (χ0v) is 11.1. The lowest BCUT2D eigenvalue weighted by Crippen LogP contribution is -2.30. The molecule has 2 rings (SSSR count). The molecule has 0 heterocycles. The van der Waals surface area contributed by atoms with Gasteiger partial charge in [-0.2, -0.15) is 4.99 Å². The van der Waals surface area contributed by atoms with Gasteiger partial charge in [0.1, 0.15) is 11.3 Å². The second kappa shape index (κ2) is 5.23. The summed E-state index contributed by atoms with van der Waals surface area (Å²) in [5.74, 6) is 0.191. The lowest BCUT2D eigenvalue weighted by Gasteiger charge is -2.32. The molecule has 1 aromatic carbocycles. The third-order valence-electron chi connectivity index (χ3n) is 3.33. The van der Waals surface area contributed by atoms with Gasteiger partial charge in [-0.25, -0.2) is 4.79 Å². The van der Waals surface area contributed by atoms with Crippen LogP contribution < -0.4 is 0 Å². The molecule has 3 nitrogen and oxygen atoms in total. The van der Waals surface area contributed by atoms with Gasteiger partial charge in [-0.05, 0) is 30.5 Å². The number of isocyanates is 1. The van der Waals surface area contributed by atoms with Crippen LogP contribution >= 0.6 is 23.2 Å². The van der Waals surface area contributed by atoms with Gasteiger partial charge in [-0.15, -0.1) is 0 Å². The van der Waals surface area contributed by atoms with Crippen molar-refractivity contribution < 1.29 is 9.59 Å². The molecule has 0 amide bonds. The van der Waals surface area contributed by atoms with Crippen LogP contribution in [0.15, 0.2) is 23.2 Å². The van der Waals surface area contributed by atoms with Crippen LogP contribution in [0, 0.1) is 0 Å². The number of halogens is 2. The van der Waals surface area contributed by atoms with Crippen LogP contribution in [0.25, 0.3) is 0 Å². The maximum Gasteiger partial charge on any atom is 0.235 e. The molecule has 0 atom stereocenters. The Morgan fingerprint density at radius 3 is 2.44 bits per heavy atom. The molecule has 0 saturated heterocycles. The molecule has 94 valence electrons. The molecule has 1 aliphatic carbocycles. The van der Waals surface area contributed by atoms with Crippen LogP contribution in [0.3, 0.4) is 0 Å². The van der Waals surface area contributed by atoms with E-state index < -0.39 is 5.54 Å². The minimum absolute atomic E-state index is 0.191. The normalized spacial score (nSPS) is 18.2. The van der Waals surface area contributed by atoms with Crippen molar-refractivity contribution in [3.63, 3.8) is 0 Å². The van der Waals surface area contributed by atoms with Crippen molar-refractivity contribution in [3.8, 4) is 0 Å². The summed E-state index contributed by atoms with van der Waals surface area (Å²) in [5, 5.41) is 0.997. The van der Waals surface area contributed by atoms with Crippen LogP contribution in [0.1, 0.15) is 31.2 Å². The van der Waals surface area contributed by atoms with E-state index in [0.717, 1.165) is 5.56 Å². The molecule has 0 bridgehead atoms. The van der Waals surface area contributed by atoms with Crippen molar-refractivity contribution in [2.45, 2.75) is 31.2 Å². The second-order valence-corrected chi connectivity index (χ2v) is 5.24. The summed E-state index contributed by atoms with van der Waals surface area (Å²) >= 11 is 12.0. The summed E-state index contributed by atoms with van der Waals surface area (Å²) in [6.07, 6.45) is 3.40. The van der Waals surface area contributed by atoms with Crippen LogP contribution in [-0.4, -0.2) is 11.9 Å². The Kier molecular flexibility index (Phi) is 3.86. The van der Waals surface area contributed by atoms with Gasteiger partial charge in [0, 0.05) is 22.9 Å². The van der Waals surface area contributed by atoms with Crippen molar-refractivity contribution in [1.29, 1.82) is 0 Å². The molecule has 1 aromatic rings. The number of benzene rings is 1. The molecule has 18 heavy (non-hydrogen) atoms. The number of aliphatic imine (C=N–C) groups is 1. The molecule has 0 spiro atoms. The molecule has 0 unspecified atom stereocenters. The van der Waals surface area contributed by atoms with E-state index in [4.69, 9.17) is 23.2 Å². The summed E-state index contributed by atoms with van der Waals surface area (Å²) in [5.41, 5.74) is 0.0153. The van der Waals surface area contributed by atoms with E-state index in [1.165, 1.54) is 0 Å². The summed E-state index contributed by atoms with van der Waals surface area (Å²) in [4.78, 5) is 25.9. The van der Waals surface area contributed by atoms with E-state index in [9.17, 15) is 9.59 Å². The van der Waals surface area contributed by atoms with E-state index in [0.29, 0.717) is 35.7 Å². The largest absolute Gasteiger partial charge is 0.300 e. The van der Waals surface area contributed by atoms with E-state index in [1.54, 1.807) is 24.3 Å². The molecule has 1 saturated carbocycles. The van der Waals surface area contributed by atoms with Gasteiger partial charge in [0.25, 0.3) is 0 Å². The zero-order chi connectivity index (χ0) is 13.2. The van der Waals surface area contributed by atoms with Gasteiger partial charge >= 0.3 is 0 Å². The Morgan fingerprint density at radius 1 is 1.22 bits per heavy atom. The van der Waals surface area contributed by atoms with E-state index >= 15 is 0 Å². The Bertz CT molecular complexity index is 526. The van der Waals surface area contributed by atoms with Crippen LogP contribution in [0.2, 0.25) is 10.0 Å². The minimum Gasteiger partial charge on any atom is -0.300 e. The highest BCUT2D eigenvalue weighted by Gasteiger charge is 2.37. The molecule has 0 aromatic heterocycles. The number of Topliss-reactive ketones (excluding diaryl/α,β-unsaturated/α-hetero) is 1. The standard InChI is InChI=1S/C13H11Cl2NO2/c14-9-1-2-11(12(15)7-9)13(16-8-17)5-3-10(18)4-6-13/h1-2,7H,3-6H2. The van der Waals surface area contributed by atoms with Crippen molar-refractivity contribution in [2.75, 3.05) is 0 Å². The van der Waals surface area contributed by atoms with Crippen LogP contribution in [-0.2, 0) is 15.1 Å². The Morgan fingerprint density at radius 2 is 1.89 bits per heavy atom. The highest BCUT2D eigenvalue weighted by atomic mass is 35.5. The smallest absolute Gasteiger partial charge is 0.235 e. The third kappa shape index (κ3) is 2.49. The predicted octanol–water partition coefficient (Wildman–Crippen LogP) is 3.67. The number of hydrogen-bond donors (Lipinski definition) is 0. The molecule has 1 aliphatic rings. The zero-order valence-electron chi connectivity index (χ0n) is 9.58. The monoisotopic (exact) mass is 283 g/mol. The first-order valence-electron chi connectivity index (χ1n) is 5.64. The van der Waals surface area contributed by atoms with E-state index in [2.05, 4.69) is 4.99 Å². The first kappa shape index (κ1) is 13.3. The van der Waals surface area contributed by atoms with Gasteiger partial charge in [0.2, 0.25) is 6.08 Å². The third-order valence-corrected chi connectivity index (χ3v) is 3.87. The fourth-order valence-electron chi connectivity index (χ4n) is 2.34. The van der Waals surface area contributed by atoms with Gasteiger partial charge in [0.05, 0.1) is 0 Å². The summed E-state index contributed by atoms with van der Waals surface area (Å²) in [6.45, 7) is 0. The second-order valence-electron chi connectivity index (χ2n) is 4.40. The Hall–Kier alpha value is -1.15. The lowest BCUT2D eigenvalue weighted by atomic mass is 9.76.